The summed E-state index contributed by atoms with van der Waals surface area (Å²) in [5.74, 6) is -1.07. The van der Waals surface area contributed by atoms with Gasteiger partial charge in [0, 0.05) is 12.6 Å². The molecule has 0 spiro atoms. The van der Waals surface area contributed by atoms with E-state index in [-0.39, 0.29) is 13.0 Å². The molecule has 0 atom stereocenters. The summed E-state index contributed by atoms with van der Waals surface area (Å²) in [6.45, 7) is 1.58. The van der Waals surface area contributed by atoms with E-state index in [0.717, 1.165) is 29.7 Å². The average molecular weight is 468 g/mol. The molecule has 172 valence electrons. The smallest absolute Gasteiger partial charge is 0.341 e. The first-order valence-electron chi connectivity index (χ1n) is 10.9. The Morgan fingerprint density at radius 2 is 1.97 bits per heavy atom. The van der Waals surface area contributed by atoms with Crippen molar-refractivity contribution in [2.75, 3.05) is 18.5 Å². The average Bonchev–Trinajstić information content (AvgIpc) is 3.40. The molecule has 1 aromatic carbocycles. The standard InChI is InChI=1S/C24H25N3O5S/c1-2-31-24(30)22-19(17-9-10-17)15-33-23(22)26-20(28)14-32-21(29)11-8-16-12-25-27(13-16)18-6-4-3-5-7-18/h3-7,12-13,15,17H,2,8-11,14H2,1H3,(H,26,28). The van der Waals surface area contributed by atoms with Gasteiger partial charge in [-0.3, -0.25) is 9.59 Å². The zero-order valence-electron chi connectivity index (χ0n) is 18.3. The highest BCUT2D eigenvalue weighted by atomic mass is 32.1. The maximum Gasteiger partial charge on any atom is 0.341 e. The number of amides is 1. The molecule has 2 heterocycles. The molecule has 1 aliphatic carbocycles. The fourth-order valence-electron chi connectivity index (χ4n) is 3.41. The number of para-hydroxylation sites is 1. The lowest BCUT2D eigenvalue weighted by molar-refractivity contribution is -0.147. The second-order valence-corrected chi connectivity index (χ2v) is 8.61. The third-order valence-electron chi connectivity index (χ3n) is 5.21. The normalized spacial score (nSPS) is 12.9. The van der Waals surface area contributed by atoms with Gasteiger partial charge in [-0.05, 0) is 60.7 Å². The Balaban J connectivity index is 1.26. The van der Waals surface area contributed by atoms with Crippen LogP contribution in [-0.4, -0.2) is 40.8 Å². The summed E-state index contributed by atoms with van der Waals surface area (Å²) < 4.78 is 12.0. The van der Waals surface area contributed by atoms with Crippen molar-refractivity contribution in [1.29, 1.82) is 0 Å². The number of nitrogens with one attached hydrogen (secondary N) is 1. The number of carbonyl (C=O) groups excluding carboxylic acids is 3. The zero-order chi connectivity index (χ0) is 23.2. The van der Waals surface area contributed by atoms with Crippen molar-refractivity contribution in [1.82, 2.24) is 9.78 Å². The number of hydrogen-bond donors (Lipinski definition) is 1. The van der Waals surface area contributed by atoms with E-state index in [1.54, 1.807) is 17.8 Å². The number of hydrogen-bond acceptors (Lipinski definition) is 7. The Morgan fingerprint density at radius 3 is 2.70 bits per heavy atom. The van der Waals surface area contributed by atoms with Crippen LogP contribution in [0.15, 0.2) is 48.1 Å². The summed E-state index contributed by atoms with van der Waals surface area (Å²) in [6, 6.07) is 9.67. The molecule has 1 N–H and O–H groups in total. The summed E-state index contributed by atoms with van der Waals surface area (Å²) in [5, 5.41) is 9.32. The lowest BCUT2D eigenvalue weighted by Crippen LogP contribution is -2.22. The molecular formula is C24H25N3O5S. The molecular weight excluding hydrogens is 442 g/mol. The van der Waals surface area contributed by atoms with Crippen molar-refractivity contribution >= 4 is 34.2 Å². The van der Waals surface area contributed by atoms with Gasteiger partial charge in [0.25, 0.3) is 5.91 Å². The largest absolute Gasteiger partial charge is 0.462 e. The van der Waals surface area contributed by atoms with Gasteiger partial charge in [-0.15, -0.1) is 11.3 Å². The lowest BCUT2D eigenvalue weighted by Gasteiger charge is -2.08. The van der Waals surface area contributed by atoms with Crippen molar-refractivity contribution in [3.8, 4) is 5.69 Å². The first-order valence-corrected chi connectivity index (χ1v) is 11.8. The van der Waals surface area contributed by atoms with E-state index in [1.807, 2.05) is 41.9 Å². The van der Waals surface area contributed by atoms with Crippen LogP contribution in [0, 0.1) is 0 Å². The molecule has 9 heteroatoms. The van der Waals surface area contributed by atoms with Gasteiger partial charge in [-0.1, -0.05) is 18.2 Å². The first-order chi connectivity index (χ1) is 16.0. The number of nitrogens with zero attached hydrogens (tertiary/aromatic N) is 2. The monoisotopic (exact) mass is 467 g/mol. The van der Waals surface area contributed by atoms with E-state index in [9.17, 15) is 14.4 Å². The van der Waals surface area contributed by atoms with Gasteiger partial charge in [0.05, 0.1) is 24.1 Å². The van der Waals surface area contributed by atoms with Crippen LogP contribution < -0.4 is 5.32 Å². The zero-order valence-corrected chi connectivity index (χ0v) is 19.1. The van der Waals surface area contributed by atoms with Crippen LogP contribution in [0.25, 0.3) is 5.69 Å². The molecule has 8 nitrogen and oxygen atoms in total. The highest BCUT2D eigenvalue weighted by molar-refractivity contribution is 7.15. The SMILES string of the molecule is CCOC(=O)c1c(C2CC2)csc1NC(=O)COC(=O)CCc1cnn(-c2ccccc2)c1. The Morgan fingerprint density at radius 1 is 1.18 bits per heavy atom. The number of anilines is 1. The number of benzene rings is 1. The molecule has 1 saturated carbocycles. The molecule has 2 aromatic heterocycles. The summed E-state index contributed by atoms with van der Waals surface area (Å²) in [4.78, 5) is 36.8. The van der Waals surface area contributed by atoms with Crippen molar-refractivity contribution in [2.24, 2.45) is 0 Å². The maximum atomic E-state index is 12.4. The number of aromatic nitrogens is 2. The van der Waals surface area contributed by atoms with Crippen LogP contribution in [-0.2, 0) is 25.5 Å². The Bertz CT molecular complexity index is 1130. The number of esters is 2. The minimum Gasteiger partial charge on any atom is -0.462 e. The molecule has 0 radical (unpaired) electrons. The lowest BCUT2D eigenvalue weighted by atomic mass is 10.1. The van der Waals surface area contributed by atoms with Gasteiger partial charge in [0.15, 0.2) is 6.61 Å². The molecule has 3 aromatic rings. The summed E-state index contributed by atoms with van der Waals surface area (Å²) in [7, 11) is 0. The maximum absolute atomic E-state index is 12.4. The van der Waals surface area contributed by atoms with Crippen molar-refractivity contribution in [2.45, 2.75) is 38.5 Å². The number of carbonyl (C=O) groups is 3. The Kier molecular flexibility index (Phi) is 7.19. The van der Waals surface area contributed by atoms with Gasteiger partial charge in [0.2, 0.25) is 0 Å². The first kappa shape index (κ1) is 22.7. The fraction of sp³-hybridized carbons (Fsp3) is 0.333. The predicted molar refractivity (Wildman–Crippen MR) is 124 cm³/mol. The molecule has 0 bridgehead atoms. The van der Waals surface area contributed by atoms with Crippen molar-refractivity contribution < 1.29 is 23.9 Å². The molecule has 1 amide bonds. The third-order valence-corrected chi connectivity index (χ3v) is 6.12. The molecule has 0 unspecified atom stereocenters. The molecule has 0 saturated heterocycles. The second-order valence-electron chi connectivity index (χ2n) is 7.73. The molecule has 0 aliphatic heterocycles. The van der Waals surface area contributed by atoms with Gasteiger partial charge in [-0.25, -0.2) is 9.48 Å². The van der Waals surface area contributed by atoms with E-state index in [2.05, 4.69) is 10.4 Å². The Hall–Kier alpha value is -3.46. The summed E-state index contributed by atoms with van der Waals surface area (Å²) in [5.41, 5.74) is 3.16. The van der Waals surface area contributed by atoms with Gasteiger partial charge in [-0.2, -0.15) is 5.10 Å². The molecule has 4 rings (SSSR count). The Labute approximate surface area is 195 Å². The van der Waals surface area contributed by atoms with Gasteiger partial charge < -0.3 is 14.8 Å². The second kappa shape index (κ2) is 10.4. The van der Waals surface area contributed by atoms with E-state index in [0.29, 0.717) is 22.9 Å². The van der Waals surface area contributed by atoms with E-state index < -0.39 is 24.5 Å². The van der Waals surface area contributed by atoms with Crippen LogP contribution in [0.2, 0.25) is 0 Å². The topological polar surface area (TPSA) is 99.5 Å². The van der Waals surface area contributed by atoms with Crippen molar-refractivity contribution in [3.63, 3.8) is 0 Å². The van der Waals surface area contributed by atoms with Crippen LogP contribution in [0.3, 0.4) is 0 Å². The fourth-order valence-corrected chi connectivity index (χ4v) is 4.46. The van der Waals surface area contributed by atoms with Crippen LogP contribution in [0.4, 0.5) is 5.00 Å². The number of ether oxygens (including phenoxy) is 2. The van der Waals surface area contributed by atoms with Gasteiger partial charge in [0.1, 0.15) is 5.00 Å². The third kappa shape index (κ3) is 5.87. The number of rotatable bonds is 10. The van der Waals surface area contributed by atoms with Crippen LogP contribution >= 0.6 is 11.3 Å². The van der Waals surface area contributed by atoms with E-state index >= 15 is 0 Å². The summed E-state index contributed by atoms with van der Waals surface area (Å²) in [6.07, 6.45) is 6.21. The van der Waals surface area contributed by atoms with Gasteiger partial charge >= 0.3 is 11.9 Å². The van der Waals surface area contributed by atoms with Crippen LogP contribution in [0.5, 0.6) is 0 Å². The van der Waals surface area contributed by atoms with Crippen LogP contribution in [0.1, 0.15) is 53.6 Å². The highest BCUT2D eigenvalue weighted by Gasteiger charge is 2.32. The minimum absolute atomic E-state index is 0.132. The highest BCUT2D eigenvalue weighted by Crippen LogP contribution is 2.46. The number of aryl methyl sites for hydroxylation is 1. The quantitative estimate of drug-likeness (QED) is 0.451. The van der Waals surface area contributed by atoms with Crippen molar-refractivity contribution in [3.05, 3.63) is 64.8 Å². The number of thiophene rings is 1. The molecule has 1 fully saturated rings. The van der Waals surface area contributed by atoms with E-state index in [4.69, 9.17) is 9.47 Å². The summed E-state index contributed by atoms with van der Waals surface area (Å²) >= 11 is 1.29. The minimum atomic E-state index is -0.491. The van der Waals surface area contributed by atoms with E-state index in [1.165, 1.54) is 11.3 Å². The molecule has 33 heavy (non-hydrogen) atoms. The molecule has 1 aliphatic rings. The predicted octanol–water partition coefficient (Wildman–Crippen LogP) is 4.10.